The lowest BCUT2D eigenvalue weighted by molar-refractivity contribution is -0.248. The van der Waals surface area contributed by atoms with Crippen molar-refractivity contribution in [2.45, 2.75) is 0 Å². The molecule has 3 heteroatoms. The number of nitrogens with zero attached hydrogens (tertiary/aromatic N) is 1. The van der Waals surface area contributed by atoms with Crippen LogP contribution in [0.2, 0.25) is 0 Å². The summed E-state index contributed by atoms with van der Waals surface area (Å²) in [4.78, 5) is 9.01. The molecule has 0 amide bonds. The first-order chi connectivity index (χ1) is 7.00. The summed E-state index contributed by atoms with van der Waals surface area (Å²) in [5.41, 5.74) is 0. The molecule has 0 bridgehead atoms. The van der Waals surface area contributed by atoms with Gasteiger partial charge < -0.3 is 0 Å². The van der Waals surface area contributed by atoms with Crippen molar-refractivity contribution >= 4 is 6.21 Å². The minimum Gasteiger partial charge on any atom is -0.276 e. The molecule has 1 heterocycles. The zero-order chi connectivity index (χ0) is 9.90. The van der Waals surface area contributed by atoms with Crippen molar-refractivity contribution in [3.05, 3.63) is 60.9 Å². The Morgan fingerprint density at radius 2 is 1.21 bits per heavy atom. The molecule has 0 radical (unpaired) electrons. The summed E-state index contributed by atoms with van der Waals surface area (Å²) in [7, 11) is 0. The molecule has 0 aliphatic carbocycles. The van der Waals surface area contributed by atoms with Crippen LogP contribution in [0.4, 0.5) is 0 Å². The van der Waals surface area contributed by atoms with Gasteiger partial charge in [-0.25, -0.2) is 0 Å². The van der Waals surface area contributed by atoms with E-state index in [0.29, 0.717) is 0 Å². The molecule has 0 aromatic rings. The molecule has 0 aromatic carbocycles. The van der Waals surface area contributed by atoms with Gasteiger partial charge in [0.25, 0.3) is 0 Å². The van der Waals surface area contributed by atoms with E-state index in [0.717, 1.165) is 0 Å². The molecule has 1 aliphatic rings. The first-order valence-corrected chi connectivity index (χ1v) is 4.18. The molecule has 0 atom stereocenters. The molecule has 1 rings (SSSR count). The van der Waals surface area contributed by atoms with Crippen molar-refractivity contribution in [3.8, 4) is 0 Å². The Labute approximate surface area is 82.9 Å². The summed E-state index contributed by atoms with van der Waals surface area (Å²) in [6.45, 7) is 0. The van der Waals surface area contributed by atoms with E-state index in [1.807, 2.05) is 42.5 Å². The van der Waals surface area contributed by atoms with E-state index < -0.39 is 0 Å². The fraction of sp³-hybridized carbons (Fsp3) is 0. The van der Waals surface area contributed by atoms with Crippen LogP contribution in [0, 0.1) is 0 Å². The number of hydrogen-bond acceptors (Lipinski definition) is 3. The zero-order valence-electron chi connectivity index (χ0n) is 7.61. The first-order valence-electron chi connectivity index (χ1n) is 4.18. The van der Waals surface area contributed by atoms with Gasteiger partial charge in [0, 0.05) is 0 Å². The van der Waals surface area contributed by atoms with Gasteiger partial charge in [0.05, 0.1) is 6.21 Å². The largest absolute Gasteiger partial charge is 0.276 e. The Morgan fingerprint density at radius 3 is 1.93 bits per heavy atom. The molecule has 0 spiro atoms. The molecule has 0 fully saturated rings. The smallest absolute Gasteiger partial charge is 0.145 e. The molecule has 0 N–H and O–H groups in total. The lowest BCUT2D eigenvalue weighted by atomic mass is 10.4. The summed E-state index contributed by atoms with van der Waals surface area (Å²) in [6.07, 6.45) is 19.5. The molecular formula is C11H11NO2. The van der Waals surface area contributed by atoms with Crippen LogP contribution in [0.25, 0.3) is 0 Å². The highest BCUT2D eigenvalue weighted by Gasteiger charge is 1.72. The van der Waals surface area contributed by atoms with Crippen molar-refractivity contribution in [2.24, 2.45) is 5.16 Å². The molecular weight excluding hydrogens is 178 g/mol. The van der Waals surface area contributed by atoms with Crippen molar-refractivity contribution in [1.82, 2.24) is 0 Å². The summed E-state index contributed by atoms with van der Waals surface area (Å²) in [5.74, 6) is 0. The molecule has 3 nitrogen and oxygen atoms in total. The van der Waals surface area contributed by atoms with Gasteiger partial charge in [0.2, 0.25) is 0 Å². The minimum absolute atomic E-state index is 1.40. The monoisotopic (exact) mass is 189 g/mol. The maximum absolute atomic E-state index is 4.57. The third kappa shape index (κ3) is 5.60. The molecule has 0 saturated carbocycles. The van der Waals surface area contributed by atoms with Gasteiger partial charge in [-0.2, -0.15) is 4.99 Å². The van der Waals surface area contributed by atoms with E-state index in [2.05, 4.69) is 15.0 Å². The Kier molecular flexibility index (Phi) is 5.47. The Hall–Kier alpha value is -2.03. The van der Waals surface area contributed by atoms with E-state index in [-0.39, 0.29) is 0 Å². The van der Waals surface area contributed by atoms with E-state index in [9.17, 15) is 0 Å². The van der Waals surface area contributed by atoms with Crippen molar-refractivity contribution in [3.63, 3.8) is 0 Å². The summed E-state index contributed by atoms with van der Waals surface area (Å²) in [5, 5.41) is 3.50. The molecule has 0 unspecified atom stereocenters. The highest BCUT2D eigenvalue weighted by Crippen LogP contribution is 1.87. The summed E-state index contributed by atoms with van der Waals surface area (Å²) >= 11 is 0. The van der Waals surface area contributed by atoms with Gasteiger partial charge in [-0.3, -0.25) is 4.89 Å². The van der Waals surface area contributed by atoms with Crippen molar-refractivity contribution in [2.75, 3.05) is 0 Å². The highest BCUT2D eigenvalue weighted by atomic mass is 17.3. The molecule has 0 aromatic heterocycles. The van der Waals surface area contributed by atoms with E-state index in [1.54, 1.807) is 12.2 Å². The van der Waals surface area contributed by atoms with Crippen LogP contribution in [0.3, 0.4) is 0 Å². The fourth-order valence-electron chi connectivity index (χ4n) is 0.686. The van der Waals surface area contributed by atoms with E-state index in [1.165, 1.54) is 12.5 Å². The first kappa shape index (κ1) is 10.1. The maximum atomic E-state index is 4.57. The molecule has 72 valence electrons. The Morgan fingerprint density at radius 1 is 0.643 bits per heavy atom. The highest BCUT2D eigenvalue weighted by molar-refractivity contribution is 5.70. The van der Waals surface area contributed by atoms with Crippen molar-refractivity contribution < 1.29 is 9.88 Å². The standard InChI is InChI=1S/C11H11NO2/c1-2-4-6-8-10-12-14-13-11-9-7-5-3-1/h1-11H/b3-1?,4-2-,7-5?,8-6+,11-9+,12-10-. The third-order valence-corrected chi connectivity index (χ3v) is 1.26. The average Bonchev–Trinajstić information content (AvgIpc) is 2.22. The average molecular weight is 189 g/mol. The van der Waals surface area contributed by atoms with Crippen LogP contribution in [0.15, 0.2) is 66.1 Å². The third-order valence-electron chi connectivity index (χ3n) is 1.26. The van der Waals surface area contributed by atoms with Gasteiger partial charge in [0.1, 0.15) is 6.26 Å². The molecule has 1 aliphatic heterocycles. The topological polar surface area (TPSA) is 30.8 Å². The number of oxime groups is 1. The lowest BCUT2D eigenvalue weighted by Gasteiger charge is -1.89. The second-order valence-corrected chi connectivity index (χ2v) is 2.29. The lowest BCUT2D eigenvalue weighted by Crippen LogP contribution is -1.77. The van der Waals surface area contributed by atoms with Crippen LogP contribution < -0.4 is 0 Å². The van der Waals surface area contributed by atoms with Crippen LogP contribution in [0.5, 0.6) is 0 Å². The maximum Gasteiger partial charge on any atom is 0.145 e. The van der Waals surface area contributed by atoms with Crippen LogP contribution in [-0.4, -0.2) is 6.21 Å². The Balaban J connectivity index is 2.56. The number of rotatable bonds is 0. The van der Waals surface area contributed by atoms with Gasteiger partial charge in [-0.1, -0.05) is 42.5 Å². The van der Waals surface area contributed by atoms with Crippen LogP contribution in [0.1, 0.15) is 0 Å². The molecule has 14 heavy (non-hydrogen) atoms. The van der Waals surface area contributed by atoms with Crippen molar-refractivity contribution in [1.29, 1.82) is 0 Å². The van der Waals surface area contributed by atoms with Crippen LogP contribution in [-0.2, 0) is 9.88 Å². The van der Waals surface area contributed by atoms with Gasteiger partial charge in [-0.15, -0.1) is 0 Å². The summed E-state index contributed by atoms with van der Waals surface area (Å²) < 4.78 is 0. The second-order valence-electron chi connectivity index (χ2n) is 2.29. The van der Waals surface area contributed by atoms with E-state index in [4.69, 9.17) is 0 Å². The predicted octanol–water partition coefficient (Wildman–Crippen LogP) is 2.67. The normalized spacial score (nSPS) is 25.1. The SMILES string of the molecule is C1=C\C=C/C=C/C=N\OO/C=C/C=C1. The molecule has 0 saturated heterocycles. The summed E-state index contributed by atoms with van der Waals surface area (Å²) in [6, 6.07) is 0. The zero-order valence-corrected chi connectivity index (χ0v) is 7.61. The predicted molar refractivity (Wildman–Crippen MR) is 56.4 cm³/mol. The van der Waals surface area contributed by atoms with Crippen LogP contribution >= 0.6 is 0 Å². The number of allylic oxidation sites excluding steroid dienone is 9. The Bertz CT molecular complexity index is 277. The fourth-order valence-corrected chi connectivity index (χ4v) is 0.686. The second kappa shape index (κ2) is 7.61. The minimum atomic E-state index is 1.40. The quantitative estimate of drug-likeness (QED) is 0.548. The van der Waals surface area contributed by atoms with Gasteiger partial charge in [-0.05, 0) is 17.3 Å². The number of hydrogen-bond donors (Lipinski definition) is 0. The van der Waals surface area contributed by atoms with Gasteiger partial charge >= 0.3 is 0 Å². The van der Waals surface area contributed by atoms with Gasteiger partial charge in [0.15, 0.2) is 0 Å². The van der Waals surface area contributed by atoms with E-state index >= 15 is 0 Å².